The highest BCUT2D eigenvalue weighted by Gasteiger charge is 2.44. The SMILES string of the molecule is CCOC1(C(=O)Cc2sccc2Br)CCC(C)(C)CC1. The highest BCUT2D eigenvalue weighted by molar-refractivity contribution is 9.10. The normalized spacial score (nSPS) is 20.8. The lowest BCUT2D eigenvalue weighted by atomic mass is 9.69. The van der Waals surface area contributed by atoms with Crippen LogP contribution in [0.4, 0.5) is 0 Å². The van der Waals surface area contributed by atoms with Gasteiger partial charge in [0.25, 0.3) is 0 Å². The summed E-state index contributed by atoms with van der Waals surface area (Å²) in [5, 5.41) is 2.02. The van der Waals surface area contributed by atoms with Crippen molar-refractivity contribution in [2.45, 2.75) is 58.5 Å². The fraction of sp³-hybridized carbons (Fsp3) is 0.688. The molecule has 0 radical (unpaired) electrons. The van der Waals surface area contributed by atoms with E-state index >= 15 is 0 Å². The number of ketones is 1. The molecule has 1 aromatic heterocycles. The summed E-state index contributed by atoms with van der Waals surface area (Å²) in [7, 11) is 0. The zero-order valence-corrected chi connectivity index (χ0v) is 14.9. The Kier molecular flexibility index (Phi) is 5.09. The Morgan fingerprint density at radius 2 is 2.00 bits per heavy atom. The van der Waals surface area contributed by atoms with Gasteiger partial charge in [0.05, 0.1) is 0 Å². The van der Waals surface area contributed by atoms with E-state index in [9.17, 15) is 4.79 Å². The van der Waals surface area contributed by atoms with E-state index in [0.717, 1.165) is 35.0 Å². The van der Waals surface area contributed by atoms with Gasteiger partial charge in [0.1, 0.15) is 5.60 Å². The minimum atomic E-state index is -0.548. The highest BCUT2D eigenvalue weighted by atomic mass is 79.9. The Labute approximate surface area is 134 Å². The summed E-state index contributed by atoms with van der Waals surface area (Å²) >= 11 is 5.15. The average molecular weight is 359 g/mol. The van der Waals surface area contributed by atoms with E-state index in [1.54, 1.807) is 11.3 Å². The number of hydrogen-bond donors (Lipinski definition) is 0. The van der Waals surface area contributed by atoms with Crippen molar-refractivity contribution in [3.05, 3.63) is 20.8 Å². The fourth-order valence-corrected chi connectivity index (χ4v) is 4.36. The van der Waals surface area contributed by atoms with Crippen LogP contribution in [0, 0.1) is 5.41 Å². The first-order chi connectivity index (χ1) is 9.38. The predicted molar refractivity (Wildman–Crippen MR) is 87.3 cm³/mol. The van der Waals surface area contributed by atoms with Crippen molar-refractivity contribution in [2.24, 2.45) is 5.41 Å². The molecular formula is C16H23BrO2S. The average Bonchev–Trinajstić information content (AvgIpc) is 2.78. The topological polar surface area (TPSA) is 26.3 Å². The molecule has 112 valence electrons. The van der Waals surface area contributed by atoms with Gasteiger partial charge in [0.2, 0.25) is 0 Å². The van der Waals surface area contributed by atoms with Crippen LogP contribution in [-0.2, 0) is 16.0 Å². The molecular weight excluding hydrogens is 336 g/mol. The van der Waals surface area contributed by atoms with Gasteiger partial charge in [0.15, 0.2) is 5.78 Å². The van der Waals surface area contributed by atoms with Crippen molar-refractivity contribution >= 4 is 33.0 Å². The number of ether oxygens (including phenoxy) is 1. The van der Waals surface area contributed by atoms with Gasteiger partial charge in [-0.15, -0.1) is 11.3 Å². The lowest BCUT2D eigenvalue weighted by Gasteiger charge is -2.42. The highest BCUT2D eigenvalue weighted by Crippen LogP contribution is 2.43. The van der Waals surface area contributed by atoms with Crippen molar-refractivity contribution in [3.8, 4) is 0 Å². The number of thiophene rings is 1. The second-order valence-electron chi connectivity index (χ2n) is 6.38. The predicted octanol–water partition coefficient (Wildman–Crippen LogP) is 5.00. The van der Waals surface area contributed by atoms with Gasteiger partial charge in [-0.25, -0.2) is 0 Å². The van der Waals surface area contributed by atoms with Gasteiger partial charge in [-0.2, -0.15) is 0 Å². The van der Waals surface area contributed by atoms with Crippen molar-refractivity contribution < 1.29 is 9.53 Å². The maximum atomic E-state index is 12.8. The van der Waals surface area contributed by atoms with Crippen LogP contribution in [0.25, 0.3) is 0 Å². The van der Waals surface area contributed by atoms with Crippen LogP contribution < -0.4 is 0 Å². The summed E-state index contributed by atoms with van der Waals surface area (Å²) in [6.45, 7) is 7.15. The summed E-state index contributed by atoms with van der Waals surface area (Å²) in [5.41, 5.74) is -0.210. The van der Waals surface area contributed by atoms with Crippen LogP contribution in [0.2, 0.25) is 0 Å². The van der Waals surface area contributed by atoms with Crippen LogP contribution in [-0.4, -0.2) is 18.0 Å². The third-order valence-corrected chi connectivity index (χ3v) is 6.28. The molecule has 0 aromatic carbocycles. The van der Waals surface area contributed by atoms with E-state index in [2.05, 4.69) is 29.8 Å². The van der Waals surface area contributed by atoms with Crippen LogP contribution >= 0.6 is 27.3 Å². The molecule has 1 aliphatic rings. The molecule has 1 aromatic rings. The van der Waals surface area contributed by atoms with Crippen LogP contribution in [0.5, 0.6) is 0 Å². The summed E-state index contributed by atoms with van der Waals surface area (Å²) in [6, 6.07) is 2.00. The third-order valence-electron chi connectivity index (χ3n) is 4.35. The molecule has 0 N–H and O–H groups in total. The Morgan fingerprint density at radius 1 is 1.35 bits per heavy atom. The Bertz CT molecular complexity index is 469. The van der Waals surface area contributed by atoms with Gasteiger partial charge in [-0.05, 0) is 65.4 Å². The van der Waals surface area contributed by atoms with E-state index < -0.39 is 5.60 Å². The first-order valence-electron chi connectivity index (χ1n) is 7.28. The Balaban J connectivity index is 2.12. The molecule has 0 aliphatic heterocycles. The largest absolute Gasteiger partial charge is 0.367 e. The quantitative estimate of drug-likeness (QED) is 0.740. The molecule has 0 unspecified atom stereocenters. The Hall–Kier alpha value is -0.190. The third kappa shape index (κ3) is 3.52. The molecule has 2 nitrogen and oxygen atoms in total. The molecule has 1 saturated carbocycles. The zero-order chi connectivity index (χ0) is 14.8. The summed E-state index contributed by atoms with van der Waals surface area (Å²) in [6.07, 6.45) is 4.32. The van der Waals surface area contributed by atoms with Crippen molar-refractivity contribution in [1.29, 1.82) is 0 Å². The summed E-state index contributed by atoms with van der Waals surface area (Å²) in [5.74, 6) is 0.248. The molecule has 1 aliphatic carbocycles. The molecule has 20 heavy (non-hydrogen) atoms. The number of carbonyl (C=O) groups is 1. The lowest BCUT2D eigenvalue weighted by Crippen LogP contribution is -2.47. The van der Waals surface area contributed by atoms with E-state index in [0.29, 0.717) is 18.4 Å². The van der Waals surface area contributed by atoms with Crippen molar-refractivity contribution in [3.63, 3.8) is 0 Å². The van der Waals surface area contributed by atoms with E-state index in [-0.39, 0.29) is 5.78 Å². The second-order valence-corrected chi connectivity index (χ2v) is 8.24. The number of Topliss-reactive ketones (excluding diaryl/α,β-unsaturated/α-hetero) is 1. The first kappa shape index (κ1) is 16.2. The van der Waals surface area contributed by atoms with Gasteiger partial charge in [-0.1, -0.05) is 13.8 Å². The molecule has 0 bridgehead atoms. The molecule has 1 heterocycles. The molecule has 0 atom stereocenters. The smallest absolute Gasteiger partial charge is 0.169 e. The Morgan fingerprint density at radius 3 is 2.50 bits per heavy atom. The van der Waals surface area contributed by atoms with Crippen LogP contribution in [0.3, 0.4) is 0 Å². The van der Waals surface area contributed by atoms with E-state index in [1.807, 2.05) is 18.4 Å². The van der Waals surface area contributed by atoms with Gasteiger partial charge in [-0.3, -0.25) is 4.79 Å². The molecule has 1 fully saturated rings. The second kappa shape index (κ2) is 6.29. The van der Waals surface area contributed by atoms with E-state index in [1.165, 1.54) is 0 Å². The molecule has 4 heteroatoms. The van der Waals surface area contributed by atoms with Crippen molar-refractivity contribution in [2.75, 3.05) is 6.61 Å². The molecule has 0 spiro atoms. The first-order valence-corrected chi connectivity index (χ1v) is 8.95. The zero-order valence-electron chi connectivity index (χ0n) is 12.5. The molecule has 2 rings (SSSR count). The number of carbonyl (C=O) groups excluding carboxylic acids is 1. The number of rotatable bonds is 5. The standard InChI is InChI=1S/C16H23BrO2S/c1-4-19-16(8-6-15(2,3)7-9-16)14(18)11-13-12(17)5-10-20-13/h5,10H,4,6-9,11H2,1-3H3. The van der Waals surface area contributed by atoms with Crippen LogP contribution in [0.15, 0.2) is 15.9 Å². The van der Waals surface area contributed by atoms with E-state index in [4.69, 9.17) is 4.74 Å². The lowest BCUT2D eigenvalue weighted by molar-refractivity contribution is -0.151. The maximum absolute atomic E-state index is 12.8. The van der Waals surface area contributed by atoms with Gasteiger partial charge >= 0.3 is 0 Å². The van der Waals surface area contributed by atoms with Crippen LogP contribution in [0.1, 0.15) is 51.3 Å². The minimum Gasteiger partial charge on any atom is -0.367 e. The maximum Gasteiger partial charge on any atom is 0.169 e. The monoisotopic (exact) mass is 358 g/mol. The summed E-state index contributed by atoms with van der Waals surface area (Å²) < 4.78 is 6.99. The van der Waals surface area contributed by atoms with Crippen molar-refractivity contribution in [1.82, 2.24) is 0 Å². The number of hydrogen-bond acceptors (Lipinski definition) is 3. The number of halogens is 1. The molecule has 0 saturated heterocycles. The van der Waals surface area contributed by atoms with Gasteiger partial charge < -0.3 is 4.74 Å². The fourth-order valence-electron chi connectivity index (χ4n) is 2.87. The minimum absolute atomic E-state index is 0.248. The molecule has 0 amide bonds. The summed E-state index contributed by atoms with van der Waals surface area (Å²) in [4.78, 5) is 13.9. The van der Waals surface area contributed by atoms with Gasteiger partial charge in [0, 0.05) is 22.4 Å².